The zero-order chi connectivity index (χ0) is 19.7. The predicted molar refractivity (Wildman–Crippen MR) is 106 cm³/mol. The van der Waals surface area contributed by atoms with Crippen molar-refractivity contribution in [1.82, 2.24) is 19.7 Å². The van der Waals surface area contributed by atoms with Crippen molar-refractivity contribution >= 4 is 23.2 Å². The number of carboxylic acids is 1. The molecule has 28 heavy (non-hydrogen) atoms. The SMILES string of the molecule is CC1(C(=O)O)CCCN(C(=O)c2csc(-c3cnn(-c4ccccc4)c3)n2)C1. The molecule has 0 spiro atoms. The van der Waals surface area contributed by atoms with Crippen molar-refractivity contribution in [2.45, 2.75) is 19.8 Å². The van der Waals surface area contributed by atoms with Crippen LogP contribution in [0.1, 0.15) is 30.3 Å². The van der Waals surface area contributed by atoms with Gasteiger partial charge in [-0.15, -0.1) is 11.3 Å². The molecule has 1 aliphatic heterocycles. The molecule has 3 aromatic rings. The Morgan fingerprint density at radius 3 is 2.79 bits per heavy atom. The second-order valence-electron chi connectivity index (χ2n) is 7.24. The van der Waals surface area contributed by atoms with Crippen molar-refractivity contribution in [2.75, 3.05) is 13.1 Å². The zero-order valence-corrected chi connectivity index (χ0v) is 16.2. The van der Waals surface area contributed by atoms with E-state index in [1.54, 1.807) is 28.1 Å². The highest BCUT2D eigenvalue weighted by molar-refractivity contribution is 7.13. The van der Waals surface area contributed by atoms with Gasteiger partial charge in [0.25, 0.3) is 5.91 Å². The van der Waals surface area contributed by atoms with E-state index in [-0.39, 0.29) is 12.5 Å². The predicted octanol–water partition coefficient (Wildman–Crippen LogP) is 3.32. The molecular formula is C20H20N4O3S. The molecule has 0 aliphatic carbocycles. The molecule has 8 heteroatoms. The molecule has 0 saturated carbocycles. The Bertz CT molecular complexity index is 1010. The quantitative estimate of drug-likeness (QED) is 0.731. The minimum atomic E-state index is -0.899. The number of likely N-dealkylation sites (tertiary alicyclic amines) is 1. The van der Waals surface area contributed by atoms with E-state index in [0.29, 0.717) is 30.1 Å². The number of benzene rings is 1. The lowest BCUT2D eigenvalue weighted by Crippen LogP contribution is -2.48. The number of hydrogen-bond acceptors (Lipinski definition) is 5. The molecule has 1 saturated heterocycles. The van der Waals surface area contributed by atoms with E-state index in [2.05, 4.69) is 10.1 Å². The van der Waals surface area contributed by atoms with Gasteiger partial charge in [0.15, 0.2) is 0 Å². The van der Waals surface area contributed by atoms with Crippen molar-refractivity contribution in [2.24, 2.45) is 5.41 Å². The number of piperidine rings is 1. The standard InChI is InChI=1S/C20H20N4O3S/c1-20(19(26)27)8-5-9-23(13-20)18(25)16-12-28-17(22-16)14-10-21-24(11-14)15-6-3-2-4-7-15/h2-4,6-7,10-12H,5,8-9,13H2,1H3,(H,26,27). The van der Waals surface area contributed by atoms with Gasteiger partial charge in [0.2, 0.25) is 0 Å². The fourth-order valence-corrected chi connectivity index (χ4v) is 4.18. The lowest BCUT2D eigenvalue weighted by molar-refractivity contribution is -0.150. The Morgan fingerprint density at radius 1 is 1.25 bits per heavy atom. The van der Waals surface area contributed by atoms with Crippen molar-refractivity contribution < 1.29 is 14.7 Å². The van der Waals surface area contributed by atoms with Gasteiger partial charge in [-0.2, -0.15) is 5.10 Å². The molecule has 1 aromatic carbocycles. The van der Waals surface area contributed by atoms with Crippen LogP contribution in [0.2, 0.25) is 0 Å². The van der Waals surface area contributed by atoms with Gasteiger partial charge < -0.3 is 10.0 Å². The molecule has 0 radical (unpaired) electrons. The topological polar surface area (TPSA) is 88.3 Å². The molecular weight excluding hydrogens is 376 g/mol. The van der Waals surface area contributed by atoms with Crippen LogP contribution in [0.15, 0.2) is 48.1 Å². The summed E-state index contributed by atoms with van der Waals surface area (Å²) >= 11 is 1.38. The van der Waals surface area contributed by atoms with Crippen molar-refractivity contribution in [3.05, 3.63) is 53.8 Å². The number of carbonyl (C=O) groups excluding carboxylic acids is 1. The number of para-hydroxylation sites is 1. The number of nitrogens with zero attached hydrogens (tertiary/aromatic N) is 4. The number of rotatable bonds is 4. The van der Waals surface area contributed by atoms with E-state index in [4.69, 9.17) is 0 Å². The Labute approximate surface area is 166 Å². The van der Waals surface area contributed by atoms with Crippen LogP contribution in [0.3, 0.4) is 0 Å². The molecule has 3 heterocycles. The van der Waals surface area contributed by atoms with E-state index in [1.807, 2.05) is 36.5 Å². The zero-order valence-electron chi connectivity index (χ0n) is 15.4. The van der Waals surface area contributed by atoms with Crippen LogP contribution >= 0.6 is 11.3 Å². The highest BCUT2D eigenvalue weighted by atomic mass is 32.1. The summed E-state index contributed by atoms with van der Waals surface area (Å²) in [5.41, 5.74) is 1.23. The minimum Gasteiger partial charge on any atom is -0.481 e. The Morgan fingerprint density at radius 2 is 2.04 bits per heavy atom. The minimum absolute atomic E-state index is 0.208. The monoisotopic (exact) mass is 396 g/mol. The van der Waals surface area contributed by atoms with E-state index in [9.17, 15) is 14.7 Å². The molecule has 1 amide bonds. The number of aliphatic carboxylic acids is 1. The van der Waals surface area contributed by atoms with Gasteiger partial charge in [0.1, 0.15) is 10.7 Å². The molecule has 1 atom stereocenters. The van der Waals surface area contributed by atoms with Crippen LogP contribution in [0, 0.1) is 5.41 Å². The third-order valence-electron chi connectivity index (χ3n) is 5.07. The first-order valence-electron chi connectivity index (χ1n) is 9.05. The molecule has 144 valence electrons. The lowest BCUT2D eigenvalue weighted by atomic mass is 9.82. The molecule has 1 N–H and O–H groups in total. The first kappa shape index (κ1) is 18.4. The summed E-state index contributed by atoms with van der Waals surface area (Å²) in [5, 5.41) is 16.3. The molecule has 1 aliphatic rings. The Hall–Kier alpha value is -3.00. The van der Waals surface area contributed by atoms with E-state index < -0.39 is 11.4 Å². The number of hydrogen-bond donors (Lipinski definition) is 1. The molecule has 2 aromatic heterocycles. The van der Waals surface area contributed by atoms with Gasteiger partial charge in [-0.05, 0) is 31.9 Å². The highest BCUT2D eigenvalue weighted by Crippen LogP contribution is 2.31. The van der Waals surface area contributed by atoms with Gasteiger partial charge in [-0.1, -0.05) is 18.2 Å². The second-order valence-corrected chi connectivity index (χ2v) is 8.10. The highest BCUT2D eigenvalue weighted by Gasteiger charge is 2.39. The summed E-state index contributed by atoms with van der Waals surface area (Å²) in [7, 11) is 0. The third-order valence-corrected chi connectivity index (χ3v) is 5.96. The van der Waals surface area contributed by atoms with Crippen LogP contribution < -0.4 is 0 Å². The molecule has 1 fully saturated rings. The summed E-state index contributed by atoms with van der Waals surface area (Å²) in [6.07, 6.45) is 4.86. The molecule has 1 unspecified atom stereocenters. The lowest BCUT2D eigenvalue weighted by Gasteiger charge is -2.37. The Kier molecular flexibility index (Phi) is 4.72. The number of thiazole rings is 1. The largest absolute Gasteiger partial charge is 0.481 e. The summed E-state index contributed by atoms with van der Waals surface area (Å²) in [4.78, 5) is 30.4. The maximum atomic E-state index is 12.8. The summed E-state index contributed by atoms with van der Waals surface area (Å²) < 4.78 is 1.77. The molecule has 7 nitrogen and oxygen atoms in total. The van der Waals surface area contributed by atoms with Crippen molar-refractivity contribution in [3.8, 4) is 16.3 Å². The first-order chi connectivity index (χ1) is 13.5. The van der Waals surface area contributed by atoms with E-state index >= 15 is 0 Å². The maximum Gasteiger partial charge on any atom is 0.311 e. The third kappa shape index (κ3) is 3.43. The van der Waals surface area contributed by atoms with Crippen molar-refractivity contribution in [3.63, 3.8) is 0 Å². The number of carboxylic acid groups (broad SMARTS) is 1. The van der Waals surface area contributed by atoms with Crippen LogP contribution in [-0.2, 0) is 4.79 Å². The number of aromatic nitrogens is 3. The van der Waals surface area contributed by atoms with Crippen LogP contribution in [0.25, 0.3) is 16.3 Å². The molecule has 4 rings (SSSR count). The van der Waals surface area contributed by atoms with Gasteiger partial charge in [-0.3, -0.25) is 9.59 Å². The summed E-state index contributed by atoms with van der Waals surface area (Å²) in [6.45, 7) is 2.46. The smallest absolute Gasteiger partial charge is 0.311 e. The molecule has 0 bridgehead atoms. The summed E-state index contributed by atoms with van der Waals surface area (Å²) in [6, 6.07) is 9.76. The summed E-state index contributed by atoms with van der Waals surface area (Å²) in [5.74, 6) is -1.08. The van der Waals surface area contributed by atoms with Gasteiger partial charge >= 0.3 is 5.97 Å². The average Bonchev–Trinajstić information content (AvgIpc) is 3.38. The number of carbonyl (C=O) groups is 2. The van der Waals surface area contributed by atoms with Gasteiger partial charge in [-0.25, -0.2) is 9.67 Å². The fraction of sp³-hybridized carbons (Fsp3) is 0.300. The van der Waals surface area contributed by atoms with E-state index in [1.165, 1.54) is 11.3 Å². The maximum absolute atomic E-state index is 12.8. The average molecular weight is 396 g/mol. The second kappa shape index (κ2) is 7.20. The first-order valence-corrected chi connectivity index (χ1v) is 9.93. The van der Waals surface area contributed by atoms with Crippen molar-refractivity contribution in [1.29, 1.82) is 0 Å². The normalized spacial score (nSPS) is 19.5. The van der Waals surface area contributed by atoms with Crippen LogP contribution in [0.5, 0.6) is 0 Å². The van der Waals surface area contributed by atoms with Crippen LogP contribution in [0.4, 0.5) is 0 Å². The number of amides is 1. The van der Waals surface area contributed by atoms with Gasteiger partial charge in [0.05, 0.1) is 17.3 Å². The fourth-order valence-electron chi connectivity index (χ4n) is 3.41. The van der Waals surface area contributed by atoms with Crippen LogP contribution in [-0.4, -0.2) is 49.7 Å². The Balaban J connectivity index is 1.52. The van der Waals surface area contributed by atoms with Gasteiger partial charge in [0, 0.05) is 30.2 Å². The van der Waals surface area contributed by atoms with E-state index in [0.717, 1.165) is 11.3 Å².